The number of hydrogen-bond donors (Lipinski definition) is 0. The first-order chi connectivity index (χ1) is 7.92. The molecule has 0 spiro atoms. The summed E-state index contributed by atoms with van der Waals surface area (Å²) < 4.78 is 6.21. The molecular formula is C12H12N2P2. The van der Waals surface area contributed by atoms with Gasteiger partial charge in [-0.05, 0) is 33.3 Å². The zero-order valence-electron chi connectivity index (χ0n) is 8.67. The number of anilines is 2. The molecule has 0 saturated heterocycles. The van der Waals surface area contributed by atoms with Crippen LogP contribution in [0, 0.1) is 0 Å². The molecule has 80 valence electrons. The van der Waals surface area contributed by atoms with E-state index in [1.54, 1.807) is 0 Å². The topological polar surface area (TPSA) is 15.6 Å². The first-order valence-corrected chi connectivity index (χ1v) is 6.28. The molecule has 1 unspecified atom stereocenters. The van der Waals surface area contributed by atoms with Crippen molar-refractivity contribution in [2.24, 2.45) is 4.52 Å². The van der Waals surface area contributed by atoms with E-state index in [1.807, 2.05) is 36.4 Å². The van der Waals surface area contributed by atoms with Crippen LogP contribution < -0.4 is 4.67 Å². The standard InChI is InChI=1S/C12H12N2P2/c15-13-16-14(11-7-3-1-4-8-11)12-9-5-2-6-10-12/h1-10,15-16H. The molecule has 0 amide bonds. The molecule has 0 aromatic heterocycles. The zero-order chi connectivity index (χ0) is 11.2. The van der Waals surface area contributed by atoms with Crippen LogP contribution in [0.3, 0.4) is 0 Å². The van der Waals surface area contributed by atoms with Gasteiger partial charge >= 0.3 is 0 Å². The number of rotatable bonds is 4. The molecule has 4 heteroatoms. The summed E-state index contributed by atoms with van der Waals surface area (Å²) >= 11 is 0. The third kappa shape index (κ3) is 2.66. The third-order valence-corrected chi connectivity index (χ3v) is 3.30. The average Bonchev–Trinajstić information content (AvgIpc) is 2.38. The van der Waals surface area contributed by atoms with Crippen molar-refractivity contribution in [2.45, 2.75) is 0 Å². The minimum Gasteiger partial charge on any atom is -0.303 e. The van der Waals surface area contributed by atoms with Crippen LogP contribution in [0.1, 0.15) is 0 Å². The van der Waals surface area contributed by atoms with Gasteiger partial charge in [-0.25, -0.2) is 4.52 Å². The van der Waals surface area contributed by atoms with E-state index in [0.29, 0.717) is 8.88 Å². The van der Waals surface area contributed by atoms with E-state index in [1.165, 1.54) is 0 Å². The molecule has 0 saturated carbocycles. The smallest absolute Gasteiger partial charge is 0.110 e. The Balaban J connectivity index is 2.35. The van der Waals surface area contributed by atoms with Crippen molar-refractivity contribution in [3.8, 4) is 0 Å². The van der Waals surface area contributed by atoms with Crippen molar-refractivity contribution in [3.63, 3.8) is 0 Å². The molecule has 1 atom stereocenters. The minimum atomic E-state index is 0.333. The van der Waals surface area contributed by atoms with Crippen molar-refractivity contribution in [3.05, 3.63) is 60.7 Å². The molecule has 0 bridgehead atoms. The van der Waals surface area contributed by atoms with Gasteiger partial charge in [-0.3, -0.25) is 0 Å². The van der Waals surface area contributed by atoms with Crippen LogP contribution in [0.4, 0.5) is 11.4 Å². The van der Waals surface area contributed by atoms with Gasteiger partial charge < -0.3 is 4.67 Å². The Bertz CT molecular complexity index is 406. The molecule has 0 radical (unpaired) electrons. The van der Waals surface area contributed by atoms with E-state index in [9.17, 15) is 0 Å². The molecule has 2 aromatic rings. The molecule has 0 N–H and O–H groups in total. The van der Waals surface area contributed by atoms with Gasteiger partial charge in [0.25, 0.3) is 0 Å². The van der Waals surface area contributed by atoms with Crippen LogP contribution in [0.2, 0.25) is 0 Å². The summed E-state index contributed by atoms with van der Waals surface area (Å²) in [6.07, 6.45) is 0. The average molecular weight is 246 g/mol. The molecule has 2 rings (SSSR count). The van der Waals surface area contributed by atoms with Gasteiger partial charge in [0.2, 0.25) is 0 Å². The fourth-order valence-corrected chi connectivity index (χ4v) is 2.40. The predicted molar refractivity (Wildman–Crippen MR) is 74.1 cm³/mol. The number of hydrogen-bond acceptors (Lipinski definition) is 2. The monoisotopic (exact) mass is 246 g/mol. The van der Waals surface area contributed by atoms with Crippen LogP contribution in [0.5, 0.6) is 0 Å². The molecule has 0 aliphatic carbocycles. The van der Waals surface area contributed by atoms with Gasteiger partial charge in [0.05, 0.1) is 0 Å². The van der Waals surface area contributed by atoms with Gasteiger partial charge in [-0.1, -0.05) is 36.4 Å². The van der Waals surface area contributed by atoms with Crippen LogP contribution in [0.15, 0.2) is 65.2 Å². The lowest BCUT2D eigenvalue weighted by Crippen LogP contribution is -2.02. The summed E-state index contributed by atoms with van der Waals surface area (Å²) in [4.78, 5) is 0. The van der Waals surface area contributed by atoms with Crippen molar-refractivity contribution in [1.29, 1.82) is 0 Å². The highest BCUT2D eigenvalue weighted by atomic mass is 31.1. The Labute approximate surface area is 99.5 Å². The van der Waals surface area contributed by atoms with E-state index >= 15 is 0 Å². The molecular weight excluding hydrogens is 234 g/mol. The second kappa shape index (κ2) is 5.75. The molecule has 2 aromatic carbocycles. The fourth-order valence-electron chi connectivity index (χ4n) is 1.47. The second-order valence-electron chi connectivity index (χ2n) is 3.22. The summed E-state index contributed by atoms with van der Waals surface area (Å²) in [6, 6.07) is 20.5. The quantitative estimate of drug-likeness (QED) is 0.716. The molecule has 2 nitrogen and oxygen atoms in total. The van der Waals surface area contributed by atoms with E-state index in [-0.39, 0.29) is 0 Å². The first-order valence-electron chi connectivity index (χ1n) is 4.94. The lowest BCUT2D eigenvalue weighted by atomic mass is 10.3. The zero-order valence-corrected chi connectivity index (χ0v) is 10.7. The van der Waals surface area contributed by atoms with Crippen molar-refractivity contribution >= 4 is 29.3 Å². The van der Waals surface area contributed by atoms with Crippen LogP contribution in [-0.2, 0) is 0 Å². The summed E-state index contributed by atoms with van der Waals surface area (Å²) in [5.41, 5.74) is 2.29. The van der Waals surface area contributed by atoms with Crippen molar-refractivity contribution in [2.75, 3.05) is 4.67 Å². The van der Waals surface area contributed by atoms with Gasteiger partial charge in [0.1, 0.15) is 8.88 Å². The number of benzene rings is 2. The Morgan fingerprint density at radius 1 is 0.812 bits per heavy atom. The van der Waals surface area contributed by atoms with Crippen molar-refractivity contribution < 1.29 is 0 Å². The highest BCUT2D eigenvalue weighted by molar-refractivity contribution is 7.43. The highest BCUT2D eigenvalue weighted by Gasteiger charge is 2.06. The molecule has 0 fully saturated rings. The van der Waals surface area contributed by atoms with Gasteiger partial charge in [0.15, 0.2) is 0 Å². The SMILES string of the molecule is P=NPN(c1ccccc1)c1ccccc1. The Hall–Kier alpha value is -1.23. The maximum atomic E-state index is 4.05. The summed E-state index contributed by atoms with van der Waals surface area (Å²) in [5, 5.41) is 0. The molecule has 0 aliphatic rings. The normalized spacial score (nSPS) is 10.5. The number of nitrogens with zero attached hydrogens (tertiary/aromatic N) is 2. The van der Waals surface area contributed by atoms with Crippen LogP contribution in [-0.4, -0.2) is 0 Å². The van der Waals surface area contributed by atoms with Gasteiger partial charge in [0, 0.05) is 11.4 Å². The lowest BCUT2D eigenvalue weighted by Gasteiger charge is -2.21. The van der Waals surface area contributed by atoms with E-state index < -0.39 is 0 Å². The third-order valence-electron chi connectivity index (χ3n) is 2.18. The molecule has 16 heavy (non-hydrogen) atoms. The first kappa shape index (κ1) is 11.3. The van der Waals surface area contributed by atoms with Crippen LogP contribution >= 0.6 is 17.9 Å². The fraction of sp³-hybridized carbons (Fsp3) is 0. The van der Waals surface area contributed by atoms with E-state index in [0.717, 1.165) is 11.4 Å². The molecule has 0 heterocycles. The summed E-state index contributed by atoms with van der Waals surface area (Å²) in [6.45, 7) is 0. The predicted octanol–water partition coefficient (Wildman–Crippen LogP) is 4.66. The Morgan fingerprint density at radius 3 is 1.62 bits per heavy atom. The van der Waals surface area contributed by atoms with Crippen molar-refractivity contribution in [1.82, 2.24) is 0 Å². The van der Waals surface area contributed by atoms with Gasteiger partial charge in [-0.2, -0.15) is 0 Å². The largest absolute Gasteiger partial charge is 0.303 e. The van der Waals surface area contributed by atoms with E-state index in [4.69, 9.17) is 0 Å². The van der Waals surface area contributed by atoms with Gasteiger partial charge in [-0.15, -0.1) is 0 Å². The lowest BCUT2D eigenvalue weighted by molar-refractivity contribution is 1.42. The minimum absolute atomic E-state index is 0.333. The number of para-hydroxylation sites is 2. The highest BCUT2D eigenvalue weighted by Crippen LogP contribution is 2.36. The molecule has 0 aliphatic heterocycles. The summed E-state index contributed by atoms with van der Waals surface area (Å²) in [7, 11) is 3.52. The Kier molecular flexibility index (Phi) is 4.04. The Morgan fingerprint density at radius 2 is 1.25 bits per heavy atom. The second-order valence-corrected chi connectivity index (χ2v) is 4.76. The summed E-state index contributed by atoms with van der Waals surface area (Å²) in [5.74, 6) is 0. The maximum Gasteiger partial charge on any atom is 0.110 e. The maximum absolute atomic E-state index is 4.05. The van der Waals surface area contributed by atoms with E-state index in [2.05, 4.69) is 42.5 Å². The van der Waals surface area contributed by atoms with Crippen LogP contribution in [0.25, 0.3) is 0 Å².